The van der Waals surface area contributed by atoms with E-state index in [2.05, 4.69) is 18.2 Å². The van der Waals surface area contributed by atoms with Crippen molar-refractivity contribution in [2.24, 2.45) is 0 Å². The predicted octanol–water partition coefficient (Wildman–Crippen LogP) is 6.02. The summed E-state index contributed by atoms with van der Waals surface area (Å²) in [5.41, 5.74) is 3.95. The van der Waals surface area contributed by atoms with E-state index < -0.39 is 5.63 Å². The van der Waals surface area contributed by atoms with Crippen LogP contribution in [0.3, 0.4) is 0 Å². The third-order valence-electron chi connectivity index (χ3n) is 7.88. The van der Waals surface area contributed by atoms with Gasteiger partial charge in [-0.1, -0.05) is 42.5 Å². The van der Waals surface area contributed by atoms with Crippen molar-refractivity contribution in [1.29, 1.82) is 0 Å². The molecule has 4 aromatic carbocycles. The van der Waals surface area contributed by atoms with E-state index in [4.69, 9.17) is 18.6 Å². The molecule has 208 valence electrons. The molecule has 0 aliphatic carbocycles. The fraction of sp³-hybridized carbons (Fsp3) is 0.235. The minimum atomic E-state index is -0.403. The molecule has 1 aromatic heterocycles. The van der Waals surface area contributed by atoms with Gasteiger partial charge in [-0.25, -0.2) is 4.79 Å². The second kappa shape index (κ2) is 11.0. The summed E-state index contributed by atoms with van der Waals surface area (Å²) in [6.07, 6.45) is 0.967. The normalized spacial score (nSPS) is 14.6. The lowest BCUT2D eigenvalue weighted by Gasteiger charge is -2.38. The highest BCUT2D eigenvalue weighted by Crippen LogP contribution is 2.39. The van der Waals surface area contributed by atoms with Gasteiger partial charge in [0, 0.05) is 24.1 Å². The maximum atomic E-state index is 13.9. The molecule has 0 fully saturated rings. The largest absolute Gasteiger partial charge is 0.493 e. The number of methoxy groups -OCH3 is 2. The van der Waals surface area contributed by atoms with Crippen LogP contribution in [0.1, 0.15) is 28.3 Å². The van der Waals surface area contributed by atoms with Crippen molar-refractivity contribution in [2.45, 2.75) is 25.8 Å². The smallest absolute Gasteiger partial charge is 0.336 e. The van der Waals surface area contributed by atoms with Gasteiger partial charge < -0.3 is 23.5 Å². The standard InChI is InChI=1S/C34H31NO6/c1-21-15-34(37)41-30-18-25(11-12-26(21)30)40-20-29-28-19-32(39-3)31(38-2)16-24(28)13-14-35(29)33(36)17-23-9-6-8-22-7-4-5-10-27(22)23/h4-12,15-16,18-19,29H,13-14,17,20H2,1-3H3. The van der Waals surface area contributed by atoms with Gasteiger partial charge in [0.1, 0.15) is 17.9 Å². The fourth-order valence-electron chi connectivity index (χ4n) is 5.79. The first kappa shape index (κ1) is 26.4. The molecule has 41 heavy (non-hydrogen) atoms. The Morgan fingerprint density at radius 3 is 2.54 bits per heavy atom. The summed E-state index contributed by atoms with van der Waals surface area (Å²) >= 11 is 0. The van der Waals surface area contributed by atoms with Gasteiger partial charge in [-0.3, -0.25) is 4.79 Å². The molecule has 6 rings (SSSR count). The lowest BCUT2D eigenvalue weighted by molar-refractivity contribution is -0.134. The van der Waals surface area contributed by atoms with Crippen LogP contribution in [0.15, 0.2) is 88.1 Å². The minimum absolute atomic E-state index is 0.0236. The minimum Gasteiger partial charge on any atom is -0.493 e. The summed E-state index contributed by atoms with van der Waals surface area (Å²) in [5, 5.41) is 3.04. The Labute approximate surface area is 237 Å². The number of fused-ring (bicyclic) bond motifs is 3. The number of benzene rings is 4. The quantitative estimate of drug-likeness (QED) is 0.231. The summed E-state index contributed by atoms with van der Waals surface area (Å²) in [5.74, 6) is 1.83. The molecule has 7 nitrogen and oxygen atoms in total. The number of hydrogen-bond acceptors (Lipinski definition) is 6. The number of nitrogens with zero attached hydrogens (tertiary/aromatic N) is 1. The molecule has 5 aromatic rings. The summed E-state index contributed by atoms with van der Waals surface area (Å²) in [6.45, 7) is 2.64. The lowest BCUT2D eigenvalue weighted by Crippen LogP contribution is -2.43. The maximum Gasteiger partial charge on any atom is 0.336 e. The van der Waals surface area contributed by atoms with Gasteiger partial charge in [0.15, 0.2) is 11.5 Å². The van der Waals surface area contributed by atoms with Crippen LogP contribution in [-0.4, -0.2) is 38.2 Å². The van der Waals surface area contributed by atoms with Gasteiger partial charge in [-0.15, -0.1) is 0 Å². The van der Waals surface area contributed by atoms with Gasteiger partial charge in [-0.2, -0.15) is 0 Å². The first-order chi connectivity index (χ1) is 19.9. The number of rotatable bonds is 7. The Hall–Kier alpha value is -4.78. The van der Waals surface area contributed by atoms with Crippen LogP contribution in [-0.2, 0) is 17.6 Å². The molecule has 1 unspecified atom stereocenters. The van der Waals surface area contributed by atoms with Gasteiger partial charge >= 0.3 is 5.63 Å². The summed E-state index contributed by atoms with van der Waals surface area (Å²) in [4.78, 5) is 27.8. The van der Waals surface area contributed by atoms with Crippen LogP contribution in [0, 0.1) is 6.92 Å². The second-order valence-corrected chi connectivity index (χ2v) is 10.3. The van der Waals surface area contributed by atoms with Gasteiger partial charge in [0.05, 0.1) is 26.7 Å². The molecular formula is C34H31NO6. The SMILES string of the molecule is COc1cc2c(cc1OC)C(COc1ccc3c(C)cc(=O)oc3c1)N(C(=O)Cc1cccc3ccccc13)CC2. The van der Waals surface area contributed by atoms with E-state index in [1.807, 2.05) is 60.4 Å². The summed E-state index contributed by atoms with van der Waals surface area (Å²) < 4.78 is 22.9. The molecule has 1 aliphatic rings. The Balaban J connectivity index is 1.34. The van der Waals surface area contributed by atoms with E-state index in [9.17, 15) is 9.59 Å². The number of carbonyl (C=O) groups is 1. The molecule has 7 heteroatoms. The molecule has 2 heterocycles. The monoisotopic (exact) mass is 549 g/mol. The molecule has 0 bridgehead atoms. The van der Waals surface area contributed by atoms with Gasteiger partial charge in [0.2, 0.25) is 5.91 Å². The lowest BCUT2D eigenvalue weighted by atomic mass is 9.91. The van der Waals surface area contributed by atoms with E-state index in [1.165, 1.54) is 6.07 Å². The van der Waals surface area contributed by atoms with E-state index in [1.54, 1.807) is 20.3 Å². The summed E-state index contributed by atoms with van der Waals surface area (Å²) in [6, 6.07) is 24.7. The highest BCUT2D eigenvalue weighted by atomic mass is 16.5. The zero-order valence-electron chi connectivity index (χ0n) is 23.3. The van der Waals surface area contributed by atoms with Crippen molar-refractivity contribution in [1.82, 2.24) is 4.90 Å². The van der Waals surface area contributed by atoms with Crippen molar-refractivity contribution in [3.05, 3.63) is 112 Å². The van der Waals surface area contributed by atoms with Crippen LogP contribution < -0.4 is 19.8 Å². The highest BCUT2D eigenvalue weighted by molar-refractivity contribution is 5.90. The van der Waals surface area contributed by atoms with E-state index in [0.29, 0.717) is 35.8 Å². The molecule has 0 saturated carbocycles. The molecular weight excluding hydrogens is 518 g/mol. The van der Waals surface area contributed by atoms with Gasteiger partial charge in [-0.05, 0) is 70.6 Å². The van der Waals surface area contributed by atoms with Crippen molar-refractivity contribution in [2.75, 3.05) is 27.4 Å². The van der Waals surface area contributed by atoms with Crippen LogP contribution in [0.25, 0.3) is 21.7 Å². The average Bonchev–Trinajstić information content (AvgIpc) is 2.98. The molecule has 1 amide bonds. The molecule has 0 saturated heterocycles. The topological polar surface area (TPSA) is 78.2 Å². The number of carbonyl (C=O) groups excluding carboxylic acids is 1. The maximum absolute atomic E-state index is 13.9. The number of ether oxygens (including phenoxy) is 3. The van der Waals surface area contributed by atoms with Gasteiger partial charge in [0.25, 0.3) is 0 Å². The second-order valence-electron chi connectivity index (χ2n) is 10.3. The van der Waals surface area contributed by atoms with Crippen LogP contribution in [0.2, 0.25) is 0 Å². The Kier molecular flexibility index (Phi) is 7.10. The number of amides is 1. The number of hydrogen-bond donors (Lipinski definition) is 0. The van der Waals surface area contributed by atoms with Crippen molar-refractivity contribution >= 4 is 27.6 Å². The molecule has 1 aliphatic heterocycles. The van der Waals surface area contributed by atoms with Crippen LogP contribution >= 0.6 is 0 Å². The van der Waals surface area contributed by atoms with Crippen molar-refractivity contribution in [3.63, 3.8) is 0 Å². The third-order valence-corrected chi connectivity index (χ3v) is 7.88. The zero-order chi connectivity index (χ0) is 28.5. The molecule has 0 radical (unpaired) electrons. The summed E-state index contributed by atoms with van der Waals surface area (Å²) in [7, 11) is 3.22. The Bertz CT molecular complexity index is 1820. The van der Waals surface area contributed by atoms with Crippen LogP contribution in [0.4, 0.5) is 0 Å². The zero-order valence-corrected chi connectivity index (χ0v) is 23.3. The average molecular weight is 550 g/mol. The van der Waals surface area contributed by atoms with E-state index >= 15 is 0 Å². The molecule has 1 atom stereocenters. The van der Waals surface area contributed by atoms with E-state index in [0.717, 1.165) is 38.4 Å². The van der Waals surface area contributed by atoms with E-state index in [-0.39, 0.29) is 25.0 Å². The highest BCUT2D eigenvalue weighted by Gasteiger charge is 2.33. The molecule has 0 spiro atoms. The van der Waals surface area contributed by atoms with Crippen molar-refractivity contribution < 1.29 is 23.4 Å². The molecule has 0 N–H and O–H groups in total. The fourth-order valence-corrected chi connectivity index (χ4v) is 5.79. The Morgan fingerprint density at radius 1 is 0.927 bits per heavy atom. The third kappa shape index (κ3) is 5.11. The van der Waals surface area contributed by atoms with Crippen LogP contribution in [0.5, 0.6) is 17.2 Å². The first-order valence-electron chi connectivity index (χ1n) is 13.6. The predicted molar refractivity (Wildman–Crippen MR) is 158 cm³/mol. The first-order valence-corrected chi connectivity index (χ1v) is 13.6. The number of aryl methyl sites for hydroxylation is 1. The Morgan fingerprint density at radius 2 is 1.71 bits per heavy atom. The van der Waals surface area contributed by atoms with Crippen molar-refractivity contribution in [3.8, 4) is 17.2 Å².